The van der Waals surface area contributed by atoms with Crippen LogP contribution >= 0.6 is 0 Å². The van der Waals surface area contributed by atoms with Gasteiger partial charge in [-0.1, -0.05) is 24.3 Å². The van der Waals surface area contributed by atoms with Crippen LogP contribution < -0.4 is 14.8 Å². The fourth-order valence-corrected chi connectivity index (χ4v) is 3.54. The van der Waals surface area contributed by atoms with Crippen LogP contribution in [0.2, 0.25) is 0 Å². The van der Waals surface area contributed by atoms with Crippen molar-refractivity contribution in [3.63, 3.8) is 0 Å². The van der Waals surface area contributed by atoms with E-state index in [4.69, 9.17) is 9.47 Å². The highest BCUT2D eigenvalue weighted by Crippen LogP contribution is 2.23. The van der Waals surface area contributed by atoms with Crippen molar-refractivity contribution < 1.29 is 19.4 Å². The Morgan fingerprint density at radius 3 is 2.40 bits per heavy atom. The summed E-state index contributed by atoms with van der Waals surface area (Å²) < 4.78 is 11.0. The number of para-hydroxylation sites is 2. The predicted octanol–water partition coefficient (Wildman–Crippen LogP) is 2.21. The second-order valence-corrected chi connectivity index (χ2v) is 7.57. The number of aliphatic hydroxyl groups is 1. The molecule has 7 nitrogen and oxygen atoms in total. The maximum absolute atomic E-state index is 11.3. The van der Waals surface area contributed by atoms with Crippen LogP contribution in [0.25, 0.3) is 0 Å². The number of carbonyl (C=O) groups is 1. The van der Waals surface area contributed by atoms with Crippen LogP contribution in [0.4, 0.5) is 5.69 Å². The number of piperazine rings is 1. The molecule has 162 valence electrons. The molecule has 0 spiro atoms. The van der Waals surface area contributed by atoms with E-state index in [0.29, 0.717) is 18.0 Å². The molecule has 0 aromatic heterocycles. The first kappa shape index (κ1) is 22.1. The van der Waals surface area contributed by atoms with E-state index in [1.165, 1.54) is 12.5 Å². The van der Waals surface area contributed by atoms with Gasteiger partial charge >= 0.3 is 0 Å². The molecule has 1 atom stereocenters. The van der Waals surface area contributed by atoms with Gasteiger partial charge in [-0.3, -0.25) is 14.6 Å². The van der Waals surface area contributed by atoms with E-state index in [0.717, 1.165) is 38.5 Å². The number of nitrogens with zero attached hydrogens (tertiary/aromatic N) is 2. The predicted molar refractivity (Wildman–Crippen MR) is 117 cm³/mol. The number of hydrogen-bond donors (Lipinski definition) is 2. The topological polar surface area (TPSA) is 74.3 Å². The number of amides is 1. The molecule has 1 heterocycles. The second kappa shape index (κ2) is 11.0. The number of ether oxygens (including phenoxy) is 2. The average molecular weight is 414 g/mol. The number of anilines is 1. The molecule has 2 aromatic carbocycles. The van der Waals surface area contributed by atoms with Gasteiger partial charge in [0.25, 0.3) is 0 Å². The van der Waals surface area contributed by atoms with E-state index in [2.05, 4.69) is 27.2 Å². The Kier molecular flexibility index (Phi) is 8.07. The van der Waals surface area contributed by atoms with Gasteiger partial charge in [-0.2, -0.15) is 0 Å². The van der Waals surface area contributed by atoms with Gasteiger partial charge in [0.15, 0.2) is 0 Å². The van der Waals surface area contributed by atoms with Gasteiger partial charge in [-0.15, -0.1) is 0 Å². The molecule has 2 aromatic rings. The van der Waals surface area contributed by atoms with Gasteiger partial charge in [0.1, 0.15) is 24.2 Å². The van der Waals surface area contributed by atoms with E-state index in [-0.39, 0.29) is 12.5 Å². The Morgan fingerprint density at radius 1 is 1.07 bits per heavy atom. The summed E-state index contributed by atoms with van der Waals surface area (Å²) in [4.78, 5) is 16.0. The molecule has 1 aliphatic heterocycles. The third-order valence-electron chi connectivity index (χ3n) is 5.13. The lowest BCUT2D eigenvalue weighted by atomic mass is 10.2. The Labute approximate surface area is 178 Å². The van der Waals surface area contributed by atoms with Crippen LogP contribution in [-0.2, 0) is 11.3 Å². The molecular weight excluding hydrogens is 382 g/mol. The second-order valence-electron chi connectivity index (χ2n) is 7.57. The number of nitrogens with one attached hydrogen (secondary N) is 1. The standard InChI is InChI=1S/C23H31N3O4/c1-18(27)24-22-5-3-4-6-23(22)30-17-20(28)16-26-13-11-25(12-14-26)15-19-7-9-21(29-2)10-8-19/h3-10,20,28H,11-17H2,1-2H3,(H,24,27). The summed E-state index contributed by atoms with van der Waals surface area (Å²) in [5.41, 5.74) is 1.89. The van der Waals surface area contributed by atoms with E-state index in [1.54, 1.807) is 19.2 Å². The number of carbonyl (C=O) groups excluding carboxylic acids is 1. The van der Waals surface area contributed by atoms with E-state index in [1.807, 2.05) is 24.3 Å². The molecule has 0 bridgehead atoms. The Balaban J connectivity index is 1.40. The zero-order chi connectivity index (χ0) is 21.3. The first-order valence-corrected chi connectivity index (χ1v) is 10.3. The number of methoxy groups -OCH3 is 1. The molecule has 1 aliphatic rings. The summed E-state index contributed by atoms with van der Waals surface area (Å²) in [6.07, 6.45) is -0.594. The first-order valence-electron chi connectivity index (χ1n) is 10.3. The SMILES string of the molecule is COc1ccc(CN2CCN(CC(O)COc3ccccc3NC(C)=O)CC2)cc1. The van der Waals surface area contributed by atoms with Crippen molar-refractivity contribution in [2.24, 2.45) is 0 Å². The number of β-amino-alcohol motifs (C(OH)–C–C–N with tert-alkyl or cyclic N) is 1. The molecule has 1 fully saturated rings. The first-order chi connectivity index (χ1) is 14.5. The third kappa shape index (κ3) is 6.73. The molecular formula is C23H31N3O4. The van der Waals surface area contributed by atoms with Crippen molar-refractivity contribution >= 4 is 11.6 Å². The number of aliphatic hydroxyl groups excluding tert-OH is 1. The van der Waals surface area contributed by atoms with Crippen LogP contribution in [0.15, 0.2) is 48.5 Å². The van der Waals surface area contributed by atoms with Crippen LogP contribution in [0.1, 0.15) is 12.5 Å². The number of rotatable bonds is 9. The minimum Gasteiger partial charge on any atom is -0.497 e. The van der Waals surface area contributed by atoms with E-state index in [9.17, 15) is 9.90 Å². The highest BCUT2D eigenvalue weighted by Gasteiger charge is 2.20. The molecule has 30 heavy (non-hydrogen) atoms. The van der Waals surface area contributed by atoms with Gasteiger partial charge in [-0.05, 0) is 29.8 Å². The maximum atomic E-state index is 11.3. The smallest absolute Gasteiger partial charge is 0.221 e. The highest BCUT2D eigenvalue weighted by atomic mass is 16.5. The Bertz CT molecular complexity index is 804. The minimum absolute atomic E-state index is 0.154. The zero-order valence-electron chi connectivity index (χ0n) is 17.7. The summed E-state index contributed by atoms with van der Waals surface area (Å²) in [7, 11) is 1.68. The van der Waals surface area contributed by atoms with Gasteiger partial charge in [-0.25, -0.2) is 0 Å². The van der Waals surface area contributed by atoms with E-state index >= 15 is 0 Å². The van der Waals surface area contributed by atoms with Crippen molar-refractivity contribution in [1.29, 1.82) is 0 Å². The summed E-state index contributed by atoms with van der Waals surface area (Å²) in [5.74, 6) is 1.29. The van der Waals surface area contributed by atoms with Crippen molar-refractivity contribution in [1.82, 2.24) is 9.80 Å². The lowest BCUT2D eigenvalue weighted by Gasteiger charge is -2.35. The molecule has 7 heteroatoms. The van der Waals surface area contributed by atoms with Crippen molar-refractivity contribution in [3.05, 3.63) is 54.1 Å². The van der Waals surface area contributed by atoms with Crippen LogP contribution in [0.3, 0.4) is 0 Å². The fourth-order valence-electron chi connectivity index (χ4n) is 3.54. The number of hydrogen-bond acceptors (Lipinski definition) is 6. The van der Waals surface area contributed by atoms with Gasteiger partial charge < -0.3 is 19.9 Å². The molecule has 2 N–H and O–H groups in total. The normalized spacial score (nSPS) is 16.1. The summed E-state index contributed by atoms with van der Waals surface area (Å²) >= 11 is 0. The van der Waals surface area contributed by atoms with E-state index < -0.39 is 6.10 Å². The van der Waals surface area contributed by atoms with Crippen LogP contribution in [-0.4, -0.2) is 73.4 Å². The maximum Gasteiger partial charge on any atom is 0.221 e. The lowest BCUT2D eigenvalue weighted by Crippen LogP contribution is -2.48. The minimum atomic E-state index is -0.594. The monoisotopic (exact) mass is 413 g/mol. The molecule has 3 rings (SSSR count). The van der Waals surface area contributed by atoms with Crippen LogP contribution in [0.5, 0.6) is 11.5 Å². The van der Waals surface area contributed by atoms with Crippen LogP contribution in [0, 0.1) is 0 Å². The summed E-state index contributed by atoms with van der Waals surface area (Å²) in [6, 6.07) is 15.4. The molecule has 0 radical (unpaired) electrons. The highest BCUT2D eigenvalue weighted by molar-refractivity contribution is 5.90. The third-order valence-corrected chi connectivity index (χ3v) is 5.13. The average Bonchev–Trinajstić information content (AvgIpc) is 2.75. The molecule has 1 unspecified atom stereocenters. The largest absolute Gasteiger partial charge is 0.497 e. The molecule has 1 amide bonds. The summed E-state index contributed by atoms with van der Waals surface area (Å²) in [6.45, 7) is 6.88. The lowest BCUT2D eigenvalue weighted by molar-refractivity contribution is -0.114. The molecule has 0 saturated carbocycles. The quantitative estimate of drug-likeness (QED) is 0.657. The van der Waals surface area contributed by atoms with Gasteiger partial charge in [0.2, 0.25) is 5.91 Å². The van der Waals surface area contributed by atoms with Crippen molar-refractivity contribution in [2.75, 3.05) is 51.8 Å². The molecule has 1 saturated heterocycles. The number of benzene rings is 2. The molecule has 0 aliphatic carbocycles. The Morgan fingerprint density at radius 2 is 1.73 bits per heavy atom. The summed E-state index contributed by atoms with van der Waals surface area (Å²) in [5, 5.41) is 13.1. The van der Waals surface area contributed by atoms with Gasteiger partial charge in [0.05, 0.1) is 12.8 Å². The van der Waals surface area contributed by atoms with Crippen molar-refractivity contribution in [2.45, 2.75) is 19.6 Å². The Hall–Kier alpha value is -2.61. The van der Waals surface area contributed by atoms with Crippen molar-refractivity contribution in [3.8, 4) is 11.5 Å². The zero-order valence-corrected chi connectivity index (χ0v) is 17.7. The fraction of sp³-hybridized carbons (Fsp3) is 0.435. The van der Waals surface area contributed by atoms with Gasteiger partial charge in [0, 0.05) is 46.2 Å².